The largest absolute Gasteiger partial charge is 0.600 e. The van der Waals surface area contributed by atoms with E-state index in [9.17, 15) is 15.4 Å². The Morgan fingerprint density at radius 2 is 1.91 bits per heavy atom. The molecule has 4 unspecified atom stereocenters. The Balaban J connectivity index is 1.46. The third kappa shape index (κ3) is 6.98. The molecule has 0 amide bonds. The van der Waals surface area contributed by atoms with E-state index >= 15 is 0 Å². The van der Waals surface area contributed by atoms with Gasteiger partial charge in [0.2, 0.25) is 0 Å². The number of benzene rings is 1. The van der Waals surface area contributed by atoms with Gasteiger partial charge < -0.3 is 21.2 Å². The van der Waals surface area contributed by atoms with Crippen molar-refractivity contribution >= 4 is 0 Å². The van der Waals surface area contributed by atoms with Crippen molar-refractivity contribution < 1.29 is 20.3 Å². The second-order valence-electron chi connectivity index (χ2n) is 9.66. The van der Waals surface area contributed by atoms with Crippen molar-refractivity contribution in [2.24, 2.45) is 23.5 Å². The number of aliphatic hydroxyl groups excluding tert-OH is 2. The van der Waals surface area contributed by atoms with Crippen molar-refractivity contribution in [3.63, 3.8) is 0 Å². The van der Waals surface area contributed by atoms with Crippen LogP contribution in [0.2, 0.25) is 0 Å². The molecule has 6 nitrogen and oxygen atoms in total. The minimum atomic E-state index is -0.505. The molecule has 0 aliphatic heterocycles. The zero-order valence-electron chi connectivity index (χ0n) is 19.4. The fraction of sp³-hybridized carbons (Fsp3) is 0.615. The van der Waals surface area contributed by atoms with E-state index < -0.39 is 12.2 Å². The Morgan fingerprint density at radius 3 is 2.56 bits per heavy atom. The van der Waals surface area contributed by atoms with Crippen LogP contribution in [0.4, 0.5) is 0 Å². The summed E-state index contributed by atoms with van der Waals surface area (Å²) in [4.78, 5) is 5.14. The molecule has 1 aromatic carbocycles. The number of unbranched alkanes of at least 4 members (excludes halogenated alkanes) is 1. The van der Waals surface area contributed by atoms with Crippen LogP contribution in [0.15, 0.2) is 48.6 Å². The van der Waals surface area contributed by atoms with Gasteiger partial charge in [0.05, 0.1) is 12.2 Å². The fourth-order valence-electron chi connectivity index (χ4n) is 5.08. The molecule has 1 saturated carbocycles. The summed E-state index contributed by atoms with van der Waals surface area (Å²) in [6.45, 7) is 4.13. The van der Waals surface area contributed by atoms with Gasteiger partial charge in [-0.2, -0.15) is 0 Å². The van der Waals surface area contributed by atoms with Gasteiger partial charge in [-0.15, -0.1) is 0 Å². The smallest absolute Gasteiger partial charge is 0.112 e. The molecule has 178 valence electrons. The first kappa shape index (κ1) is 25.1. The number of aliphatic hydroxyl groups is 2. The number of hydroxylamine groups is 2. The number of nitrogens with two attached hydrogens (primary N) is 1. The van der Waals surface area contributed by atoms with Crippen LogP contribution in [0.25, 0.3) is 0 Å². The van der Waals surface area contributed by atoms with Crippen LogP contribution in [-0.4, -0.2) is 41.1 Å². The molecule has 0 bridgehead atoms. The van der Waals surface area contributed by atoms with Gasteiger partial charge in [-0.25, -0.2) is 10.1 Å². The maximum Gasteiger partial charge on any atom is 0.112 e. The molecule has 2 aliphatic carbocycles. The second kappa shape index (κ2) is 12.1. The zero-order chi connectivity index (χ0) is 23.1. The molecule has 0 aromatic heterocycles. The third-order valence-corrected chi connectivity index (χ3v) is 6.79. The molecular weight excluding hydrogens is 404 g/mol. The van der Waals surface area contributed by atoms with E-state index in [4.69, 9.17) is 10.6 Å². The van der Waals surface area contributed by atoms with Gasteiger partial charge in [0, 0.05) is 12.5 Å². The van der Waals surface area contributed by atoms with Crippen molar-refractivity contribution in [3.8, 4) is 0 Å². The van der Waals surface area contributed by atoms with Crippen LogP contribution in [0, 0.1) is 23.0 Å². The first-order chi connectivity index (χ1) is 15.3. The number of fused-ring (bicyclic) bond motifs is 1. The summed E-state index contributed by atoms with van der Waals surface area (Å²) < 4.78 is 0. The summed E-state index contributed by atoms with van der Waals surface area (Å²) in [6.07, 6.45) is 11.8. The highest BCUT2D eigenvalue weighted by Crippen LogP contribution is 2.36. The Morgan fingerprint density at radius 1 is 1.22 bits per heavy atom. The van der Waals surface area contributed by atoms with Crippen molar-refractivity contribution in [1.82, 2.24) is 0 Å². The van der Waals surface area contributed by atoms with E-state index in [1.54, 1.807) is 0 Å². The number of quaternary nitrogens is 1. The molecule has 2 aliphatic rings. The summed E-state index contributed by atoms with van der Waals surface area (Å²) >= 11 is 0. The first-order valence-corrected chi connectivity index (χ1v) is 12.1. The molecule has 0 radical (unpaired) electrons. The van der Waals surface area contributed by atoms with E-state index in [-0.39, 0.29) is 35.1 Å². The molecular formula is C26H40N2O4. The van der Waals surface area contributed by atoms with Gasteiger partial charge in [0.15, 0.2) is 0 Å². The molecule has 1 aromatic rings. The molecule has 6 atom stereocenters. The molecule has 5 N–H and O–H groups in total. The van der Waals surface area contributed by atoms with E-state index in [2.05, 4.69) is 36.4 Å². The SMILES string of the molecule is CC(C)O[NH+]([O-])CCC/C=C\CC1C(/C=C/[C@H](O)C2Cc3ccccc3C2)C(N)C[C@@H]1O. The lowest BCUT2D eigenvalue weighted by Crippen LogP contribution is -3.06. The van der Waals surface area contributed by atoms with Gasteiger partial charge in [0.25, 0.3) is 0 Å². The van der Waals surface area contributed by atoms with Crippen molar-refractivity contribution in [2.45, 2.75) is 76.7 Å². The maximum absolute atomic E-state index is 11.6. The minimum Gasteiger partial charge on any atom is -0.600 e. The lowest BCUT2D eigenvalue weighted by atomic mass is 9.88. The lowest BCUT2D eigenvalue weighted by molar-refractivity contribution is -1.06. The number of hydrogen-bond donors (Lipinski definition) is 4. The fourth-order valence-corrected chi connectivity index (χ4v) is 5.08. The summed E-state index contributed by atoms with van der Waals surface area (Å²) in [6, 6.07) is 8.30. The molecule has 3 rings (SSSR count). The average Bonchev–Trinajstić information content (AvgIpc) is 3.29. The van der Waals surface area contributed by atoms with Crippen LogP contribution in [0.5, 0.6) is 0 Å². The molecule has 0 saturated heterocycles. The number of hydrogen-bond acceptors (Lipinski definition) is 5. The van der Waals surface area contributed by atoms with Gasteiger partial charge in [-0.3, -0.25) is 0 Å². The third-order valence-electron chi connectivity index (χ3n) is 6.79. The van der Waals surface area contributed by atoms with Crippen molar-refractivity contribution in [1.29, 1.82) is 0 Å². The van der Waals surface area contributed by atoms with Gasteiger partial charge in [-0.05, 0) is 74.8 Å². The molecule has 0 spiro atoms. The molecule has 6 heteroatoms. The van der Waals surface area contributed by atoms with Gasteiger partial charge >= 0.3 is 0 Å². The van der Waals surface area contributed by atoms with Crippen LogP contribution < -0.4 is 11.0 Å². The summed E-state index contributed by atoms with van der Waals surface area (Å²) in [5, 5.41) is 32.7. The molecule has 0 heterocycles. The predicted molar refractivity (Wildman–Crippen MR) is 126 cm³/mol. The van der Waals surface area contributed by atoms with E-state index in [1.165, 1.54) is 11.1 Å². The Labute approximate surface area is 192 Å². The van der Waals surface area contributed by atoms with E-state index in [0.717, 1.165) is 32.1 Å². The summed E-state index contributed by atoms with van der Waals surface area (Å²) in [5.74, 6) is 0.303. The predicted octanol–water partition coefficient (Wildman–Crippen LogP) is 2.09. The van der Waals surface area contributed by atoms with Crippen LogP contribution >= 0.6 is 0 Å². The maximum atomic E-state index is 11.6. The molecule has 1 fully saturated rings. The summed E-state index contributed by atoms with van der Waals surface area (Å²) in [7, 11) is 0. The van der Waals surface area contributed by atoms with Crippen LogP contribution in [0.3, 0.4) is 0 Å². The number of rotatable bonds is 11. The first-order valence-electron chi connectivity index (χ1n) is 12.1. The summed E-state index contributed by atoms with van der Waals surface area (Å²) in [5.41, 5.74) is 8.99. The topological polar surface area (TPSA) is 103 Å². The van der Waals surface area contributed by atoms with Gasteiger partial charge in [-0.1, -0.05) is 48.6 Å². The number of nitrogens with one attached hydrogen (secondary N) is 1. The lowest BCUT2D eigenvalue weighted by Gasteiger charge is -2.21. The quantitative estimate of drug-likeness (QED) is 0.238. The standard InChI is InChI=1S/C26H40N2O4/c1-18(2)32-28(31)14-8-4-3-5-11-23-22(24(27)17-26(23)30)12-13-25(29)21-15-19-9-6-7-10-20(19)16-21/h3,5-7,9-10,12-13,18,21-26,28-30H,4,8,11,14-17,27H2,1-2H3/b5-3-,13-12+/t22?,23?,24?,25-,26-/m0/s1. The minimum absolute atomic E-state index is 0.0501. The highest BCUT2D eigenvalue weighted by Gasteiger charge is 2.38. The Bertz CT molecular complexity index is 741. The number of allylic oxidation sites excluding steroid dienone is 2. The zero-order valence-corrected chi connectivity index (χ0v) is 19.4. The van der Waals surface area contributed by atoms with Crippen LogP contribution in [0.1, 0.15) is 50.7 Å². The van der Waals surface area contributed by atoms with E-state index in [1.807, 2.05) is 26.0 Å². The van der Waals surface area contributed by atoms with Crippen LogP contribution in [-0.2, 0) is 17.7 Å². The Hall–Kier alpha value is -1.54. The molecule has 32 heavy (non-hydrogen) atoms. The van der Waals surface area contributed by atoms with Gasteiger partial charge in [0.1, 0.15) is 12.6 Å². The second-order valence-corrected chi connectivity index (χ2v) is 9.66. The average molecular weight is 445 g/mol. The highest BCUT2D eigenvalue weighted by atomic mass is 16.9. The van der Waals surface area contributed by atoms with Crippen molar-refractivity contribution in [3.05, 3.63) is 64.9 Å². The Kier molecular flexibility index (Phi) is 9.46. The monoisotopic (exact) mass is 444 g/mol. The van der Waals surface area contributed by atoms with Crippen molar-refractivity contribution in [2.75, 3.05) is 6.54 Å². The van der Waals surface area contributed by atoms with E-state index in [0.29, 0.717) is 13.0 Å². The highest BCUT2D eigenvalue weighted by molar-refractivity contribution is 5.33. The normalized spacial score (nSPS) is 28.2.